The minimum absolute atomic E-state index is 0.0816. The van der Waals surface area contributed by atoms with Crippen LogP contribution in [0.1, 0.15) is 30.6 Å². The molecule has 4 heteroatoms. The van der Waals surface area contributed by atoms with Crippen molar-refractivity contribution >= 4 is 21.8 Å². The summed E-state index contributed by atoms with van der Waals surface area (Å²) in [6, 6.07) is 4.69. The monoisotopic (exact) mass is 287 g/mol. The summed E-state index contributed by atoms with van der Waals surface area (Å²) >= 11 is 3.05. The van der Waals surface area contributed by atoms with Gasteiger partial charge in [-0.05, 0) is 40.4 Å². The summed E-state index contributed by atoms with van der Waals surface area (Å²) in [5, 5.41) is 2.70. The zero-order chi connectivity index (χ0) is 12.1. The zero-order valence-electron chi connectivity index (χ0n) is 9.39. The molecule has 0 spiro atoms. The number of nitrogens with one attached hydrogen (secondary N) is 1. The van der Waals surface area contributed by atoms with Crippen molar-refractivity contribution in [2.45, 2.75) is 20.3 Å². The van der Waals surface area contributed by atoms with Crippen molar-refractivity contribution in [3.05, 3.63) is 34.1 Å². The van der Waals surface area contributed by atoms with Gasteiger partial charge in [0.15, 0.2) is 0 Å². The number of carbonyl (C=O) groups is 1. The van der Waals surface area contributed by atoms with Crippen LogP contribution in [0.3, 0.4) is 0 Å². The molecule has 0 atom stereocenters. The summed E-state index contributed by atoms with van der Waals surface area (Å²) in [4.78, 5) is 11.6. The van der Waals surface area contributed by atoms with Gasteiger partial charge in [-0.2, -0.15) is 0 Å². The van der Waals surface area contributed by atoms with Crippen molar-refractivity contribution in [1.82, 2.24) is 5.32 Å². The Balaban J connectivity index is 2.63. The van der Waals surface area contributed by atoms with E-state index in [4.69, 9.17) is 0 Å². The first-order valence-corrected chi connectivity index (χ1v) is 6.04. The summed E-state index contributed by atoms with van der Waals surface area (Å²) < 4.78 is 13.8. The lowest BCUT2D eigenvalue weighted by molar-refractivity contribution is 0.0948. The van der Waals surface area contributed by atoms with E-state index in [-0.39, 0.29) is 11.5 Å². The fourth-order valence-electron chi connectivity index (χ4n) is 1.25. The fraction of sp³-hybridized carbons (Fsp3) is 0.417. The van der Waals surface area contributed by atoms with Crippen molar-refractivity contribution in [2.24, 2.45) is 5.92 Å². The van der Waals surface area contributed by atoms with Crippen LogP contribution in [0.15, 0.2) is 22.7 Å². The first-order valence-electron chi connectivity index (χ1n) is 5.24. The van der Waals surface area contributed by atoms with E-state index in [2.05, 4.69) is 35.1 Å². The topological polar surface area (TPSA) is 29.1 Å². The predicted octanol–water partition coefficient (Wildman–Crippen LogP) is 3.36. The van der Waals surface area contributed by atoms with Gasteiger partial charge in [-0.15, -0.1) is 0 Å². The Morgan fingerprint density at radius 1 is 1.50 bits per heavy atom. The van der Waals surface area contributed by atoms with E-state index in [0.717, 1.165) is 6.42 Å². The number of hydrogen-bond acceptors (Lipinski definition) is 1. The molecule has 1 aromatic rings. The molecule has 0 unspecified atom stereocenters. The third-order valence-electron chi connectivity index (χ3n) is 2.20. The summed E-state index contributed by atoms with van der Waals surface area (Å²) in [5.41, 5.74) is 0.0816. The Morgan fingerprint density at radius 3 is 2.81 bits per heavy atom. The standard InChI is InChI=1S/C12H15BrFNO/c1-8(2)6-7-15-12(16)9-4-3-5-10(13)11(9)14/h3-5,8H,6-7H2,1-2H3,(H,15,16). The SMILES string of the molecule is CC(C)CCNC(=O)c1cccc(Br)c1F. The van der Waals surface area contributed by atoms with Gasteiger partial charge in [-0.1, -0.05) is 19.9 Å². The molecule has 1 rings (SSSR count). The zero-order valence-corrected chi connectivity index (χ0v) is 11.0. The largest absolute Gasteiger partial charge is 0.352 e. The van der Waals surface area contributed by atoms with Crippen LogP contribution < -0.4 is 5.32 Å². The van der Waals surface area contributed by atoms with Crippen molar-refractivity contribution in [3.63, 3.8) is 0 Å². The third kappa shape index (κ3) is 3.59. The molecule has 88 valence electrons. The van der Waals surface area contributed by atoms with E-state index in [0.29, 0.717) is 16.9 Å². The Labute approximate surface area is 103 Å². The molecule has 1 N–H and O–H groups in total. The Morgan fingerprint density at radius 2 is 2.19 bits per heavy atom. The number of benzene rings is 1. The molecular weight excluding hydrogens is 273 g/mol. The Bertz CT molecular complexity index is 379. The highest BCUT2D eigenvalue weighted by Crippen LogP contribution is 2.18. The summed E-state index contributed by atoms with van der Waals surface area (Å²) in [5.74, 6) is -0.350. The lowest BCUT2D eigenvalue weighted by Crippen LogP contribution is -2.26. The van der Waals surface area contributed by atoms with Gasteiger partial charge in [0.1, 0.15) is 5.82 Å². The van der Waals surface area contributed by atoms with Gasteiger partial charge in [0.25, 0.3) is 5.91 Å². The van der Waals surface area contributed by atoms with Crippen LogP contribution in [0.2, 0.25) is 0 Å². The van der Waals surface area contributed by atoms with Gasteiger partial charge in [-0.3, -0.25) is 4.79 Å². The minimum atomic E-state index is -0.510. The molecule has 1 aromatic carbocycles. The molecule has 0 saturated heterocycles. The smallest absolute Gasteiger partial charge is 0.254 e. The van der Waals surface area contributed by atoms with Crippen molar-refractivity contribution in [3.8, 4) is 0 Å². The Hall–Kier alpha value is -0.900. The normalized spacial score (nSPS) is 10.6. The first kappa shape index (κ1) is 13.2. The van der Waals surface area contributed by atoms with Gasteiger partial charge in [0.05, 0.1) is 10.0 Å². The van der Waals surface area contributed by atoms with Crippen LogP contribution in [0.25, 0.3) is 0 Å². The number of rotatable bonds is 4. The molecular formula is C12H15BrFNO. The molecule has 2 nitrogen and oxygen atoms in total. The lowest BCUT2D eigenvalue weighted by atomic mass is 10.1. The molecule has 0 saturated carbocycles. The average molecular weight is 288 g/mol. The van der Waals surface area contributed by atoms with Crippen LogP contribution in [-0.2, 0) is 0 Å². The molecule has 16 heavy (non-hydrogen) atoms. The highest BCUT2D eigenvalue weighted by Gasteiger charge is 2.13. The van der Waals surface area contributed by atoms with E-state index in [1.54, 1.807) is 12.1 Å². The predicted molar refractivity (Wildman–Crippen MR) is 65.9 cm³/mol. The summed E-state index contributed by atoms with van der Waals surface area (Å²) in [7, 11) is 0. The molecule has 0 aliphatic carbocycles. The maximum Gasteiger partial charge on any atom is 0.254 e. The first-order chi connectivity index (χ1) is 7.52. The Kier molecular flexibility index (Phi) is 4.93. The molecule has 0 heterocycles. The van der Waals surface area contributed by atoms with Crippen LogP contribution in [-0.4, -0.2) is 12.5 Å². The second-order valence-corrected chi connectivity index (χ2v) is 4.89. The second-order valence-electron chi connectivity index (χ2n) is 4.04. The molecule has 0 bridgehead atoms. The van der Waals surface area contributed by atoms with Gasteiger partial charge in [0, 0.05) is 6.54 Å². The number of hydrogen-bond donors (Lipinski definition) is 1. The summed E-state index contributed by atoms with van der Waals surface area (Å²) in [6.45, 7) is 4.72. The van der Waals surface area contributed by atoms with Crippen molar-refractivity contribution in [2.75, 3.05) is 6.54 Å². The fourth-order valence-corrected chi connectivity index (χ4v) is 1.61. The van der Waals surface area contributed by atoms with Crippen molar-refractivity contribution in [1.29, 1.82) is 0 Å². The minimum Gasteiger partial charge on any atom is -0.352 e. The molecule has 1 amide bonds. The highest BCUT2D eigenvalue weighted by atomic mass is 79.9. The van der Waals surface area contributed by atoms with Gasteiger partial charge in [-0.25, -0.2) is 4.39 Å². The van der Waals surface area contributed by atoms with Crippen LogP contribution in [0.4, 0.5) is 4.39 Å². The van der Waals surface area contributed by atoms with Crippen LogP contribution in [0.5, 0.6) is 0 Å². The van der Waals surface area contributed by atoms with Gasteiger partial charge in [0.2, 0.25) is 0 Å². The lowest BCUT2D eigenvalue weighted by Gasteiger charge is -2.08. The number of amides is 1. The molecule has 0 aromatic heterocycles. The maximum absolute atomic E-state index is 13.5. The van der Waals surface area contributed by atoms with E-state index in [1.807, 2.05) is 0 Å². The van der Waals surface area contributed by atoms with E-state index in [9.17, 15) is 9.18 Å². The molecule has 0 aliphatic rings. The van der Waals surface area contributed by atoms with Crippen LogP contribution >= 0.6 is 15.9 Å². The third-order valence-corrected chi connectivity index (χ3v) is 2.82. The van der Waals surface area contributed by atoms with Crippen molar-refractivity contribution < 1.29 is 9.18 Å². The quantitative estimate of drug-likeness (QED) is 0.904. The molecule has 0 aliphatic heterocycles. The molecule has 0 radical (unpaired) electrons. The van der Waals surface area contributed by atoms with E-state index < -0.39 is 5.82 Å². The summed E-state index contributed by atoms with van der Waals surface area (Å²) in [6.07, 6.45) is 0.890. The van der Waals surface area contributed by atoms with E-state index in [1.165, 1.54) is 6.07 Å². The van der Waals surface area contributed by atoms with Gasteiger partial charge >= 0.3 is 0 Å². The maximum atomic E-state index is 13.5. The van der Waals surface area contributed by atoms with Crippen LogP contribution in [0, 0.1) is 11.7 Å². The number of halogens is 2. The number of carbonyl (C=O) groups excluding carboxylic acids is 1. The van der Waals surface area contributed by atoms with Gasteiger partial charge < -0.3 is 5.32 Å². The molecule has 0 fully saturated rings. The second kappa shape index (κ2) is 5.99. The highest BCUT2D eigenvalue weighted by molar-refractivity contribution is 9.10. The van der Waals surface area contributed by atoms with E-state index >= 15 is 0 Å². The average Bonchev–Trinajstić information content (AvgIpc) is 2.21.